The van der Waals surface area contributed by atoms with Crippen molar-refractivity contribution in [3.63, 3.8) is 0 Å². The van der Waals surface area contributed by atoms with Crippen molar-refractivity contribution in [1.82, 2.24) is 0 Å². The van der Waals surface area contributed by atoms with Crippen molar-refractivity contribution in [2.24, 2.45) is 0 Å². The molecule has 0 heterocycles. The van der Waals surface area contributed by atoms with Crippen molar-refractivity contribution in [2.45, 2.75) is 18.4 Å². The zero-order chi connectivity index (χ0) is 11.4. The van der Waals surface area contributed by atoms with Crippen LogP contribution in [0.15, 0.2) is 0 Å². The van der Waals surface area contributed by atoms with Gasteiger partial charge in [-0.2, -0.15) is 0 Å². The van der Waals surface area contributed by atoms with Crippen LogP contribution in [0, 0.1) is 0 Å². The normalized spacial score (nSPS) is 11.6. The molecule has 0 saturated carbocycles. The third kappa shape index (κ3) is 10.9. The second-order valence-corrected chi connectivity index (χ2v) is 2.50. The van der Waals surface area contributed by atoms with Crippen molar-refractivity contribution >= 4 is 17.9 Å². The summed E-state index contributed by atoms with van der Waals surface area (Å²) in [4.78, 5) is 33.4. The van der Waals surface area contributed by atoms with E-state index in [4.69, 9.17) is 5.11 Å². The number of carbonyl (C=O) groups is 3. The maximum absolute atomic E-state index is 10.3. The molecule has 0 aromatic carbocycles. The van der Waals surface area contributed by atoms with Crippen molar-refractivity contribution in [3.8, 4) is 0 Å². The Morgan fingerprint density at radius 1 is 1.06 bits per heavy atom. The van der Waals surface area contributed by atoms with Gasteiger partial charge < -0.3 is 35.1 Å². The Bertz CT molecular complexity index is 270. The third-order valence-electron chi connectivity index (χ3n) is 1.35. The van der Waals surface area contributed by atoms with Crippen LogP contribution >= 0.6 is 0 Å². The third-order valence-corrected chi connectivity index (χ3v) is 1.35. The molecule has 11 heteroatoms. The van der Waals surface area contributed by atoms with Gasteiger partial charge in [0.2, 0.25) is 0 Å². The van der Waals surface area contributed by atoms with Gasteiger partial charge in [-0.25, -0.2) is 0 Å². The molecule has 1 unspecified atom stereocenters. The first-order valence-corrected chi connectivity index (χ1v) is 3.28. The van der Waals surface area contributed by atoms with E-state index >= 15 is 0 Å². The second kappa shape index (κ2) is 12.4. The van der Waals surface area contributed by atoms with E-state index in [1.165, 1.54) is 0 Å². The number of hydrogen-bond acceptors (Lipinski definition) is 8. The molecule has 0 aromatic heterocycles. The number of rotatable bonds is 5. The first-order valence-electron chi connectivity index (χ1n) is 3.28. The van der Waals surface area contributed by atoms with E-state index in [2.05, 4.69) is 4.89 Å². The van der Waals surface area contributed by atoms with Gasteiger partial charge in [0, 0.05) is 12.4 Å². The van der Waals surface area contributed by atoms with Crippen molar-refractivity contribution < 1.29 is 129 Å². The Hall–Kier alpha value is 1.33. The Morgan fingerprint density at radius 3 is 1.71 bits per heavy atom. The van der Waals surface area contributed by atoms with Gasteiger partial charge in [-0.05, 0) is 0 Å². The monoisotopic (exact) mass is 274 g/mol. The number of aliphatic hydroxyl groups is 1. The smallest absolute Gasteiger partial charge is 0.662 e. The van der Waals surface area contributed by atoms with Crippen LogP contribution in [0.2, 0.25) is 0 Å². The number of carboxylic acid groups (broad SMARTS) is 2. The van der Waals surface area contributed by atoms with E-state index in [-0.39, 0.29) is 88.7 Å². The summed E-state index contributed by atoms with van der Waals surface area (Å²) in [6, 6.07) is 0. The van der Waals surface area contributed by atoms with Crippen LogP contribution in [0.4, 0.5) is 0 Å². The molecular formula is C6H5Na3O8. The van der Waals surface area contributed by atoms with Crippen molar-refractivity contribution in [2.75, 3.05) is 0 Å². The predicted molar refractivity (Wildman–Crippen MR) is 30.3 cm³/mol. The molecule has 80 valence electrons. The van der Waals surface area contributed by atoms with Crippen LogP contribution in [0.5, 0.6) is 0 Å². The Morgan fingerprint density at radius 2 is 1.47 bits per heavy atom. The van der Waals surface area contributed by atoms with Crippen molar-refractivity contribution in [3.05, 3.63) is 0 Å². The summed E-state index contributed by atoms with van der Waals surface area (Å²) in [7, 11) is 0. The summed E-state index contributed by atoms with van der Waals surface area (Å²) in [5.41, 5.74) is -2.99. The van der Waals surface area contributed by atoms with Crippen LogP contribution in [-0.2, 0) is 19.3 Å². The Kier molecular flexibility index (Phi) is 19.5. The fraction of sp³-hybridized carbons (Fsp3) is 0.500. The summed E-state index contributed by atoms with van der Waals surface area (Å²) < 4.78 is 0. The zero-order valence-electron chi connectivity index (χ0n) is 9.72. The maximum Gasteiger partial charge on any atom is 1.00 e. The molecule has 0 fully saturated rings. The zero-order valence-corrected chi connectivity index (χ0v) is 15.7. The largest absolute Gasteiger partial charge is 1.00 e. The summed E-state index contributed by atoms with van der Waals surface area (Å²) in [6.07, 6.45) is -2.68. The second-order valence-electron chi connectivity index (χ2n) is 2.50. The van der Waals surface area contributed by atoms with Gasteiger partial charge in [-0.3, -0.25) is 4.79 Å². The molecule has 1 N–H and O–H groups in total. The molecule has 0 aromatic rings. The molecule has 0 aliphatic heterocycles. The number of carbonyl (C=O) groups excluding carboxylic acids is 3. The SMILES string of the molecule is O=C([O-])CC(O)(CC(=O)O[O-])C(=O)[O-].[Na+].[Na+].[Na+]. The molecule has 1 atom stereocenters. The fourth-order valence-electron chi connectivity index (χ4n) is 0.714. The fourth-order valence-corrected chi connectivity index (χ4v) is 0.714. The number of aliphatic carboxylic acids is 2. The first kappa shape index (κ1) is 26.8. The minimum atomic E-state index is -2.99. The molecule has 0 rings (SSSR count). The average molecular weight is 274 g/mol. The molecular weight excluding hydrogens is 269 g/mol. The van der Waals surface area contributed by atoms with Gasteiger partial charge in [0.25, 0.3) is 0 Å². The minimum Gasteiger partial charge on any atom is -0.662 e. The Balaban J connectivity index is -0.000000282. The molecule has 0 bridgehead atoms. The quantitative estimate of drug-likeness (QED) is 0.295. The molecule has 0 saturated heterocycles. The van der Waals surface area contributed by atoms with E-state index in [1.54, 1.807) is 0 Å². The summed E-state index contributed by atoms with van der Waals surface area (Å²) >= 11 is 0. The summed E-state index contributed by atoms with van der Waals surface area (Å²) in [5.74, 6) is -5.72. The van der Waals surface area contributed by atoms with E-state index < -0.39 is 36.4 Å². The number of carboxylic acids is 2. The average Bonchev–Trinajstić information content (AvgIpc) is 2.02. The van der Waals surface area contributed by atoms with Gasteiger partial charge in [0.15, 0.2) is 0 Å². The van der Waals surface area contributed by atoms with Crippen molar-refractivity contribution in [1.29, 1.82) is 0 Å². The van der Waals surface area contributed by atoms with Crippen LogP contribution in [0.25, 0.3) is 0 Å². The summed E-state index contributed by atoms with van der Waals surface area (Å²) in [6.45, 7) is 0. The van der Waals surface area contributed by atoms with Gasteiger partial charge >= 0.3 is 94.6 Å². The molecule has 17 heavy (non-hydrogen) atoms. The standard InChI is InChI=1S/C6H8O8.3Na/c7-3(8)1-6(12,5(10)11)2-4(9)14-13;;;/h12-13H,1-2H2,(H,7,8)(H,10,11);;;/q;3*+1/p-3. The van der Waals surface area contributed by atoms with Gasteiger partial charge in [0.1, 0.15) is 5.60 Å². The Labute approximate surface area is 163 Å². The summed E-state index contributed by atoms with van der Waals surface area (Å²) in [5, 5.41) is 38.8. The van der Waals surface area contributed by atoms with Gasteiger partial charge in [-0.1, -0.05) is 0 Å². The van der Waals surface area contributed by atoms with Crippen LogP contribution in [0.1, 0.15) is 12.8 Å². The molecule has 8 nitrogen and oxygen atoms in total. The first-order chi connectivity index (χ1) is 6.31. The topological polar surface area (TPSA) is 150 Å². The molecule has 0 radical (unpaired) electrons. The van der Waals surface area contributed by atoms with E-state index in [0.29, 0.717) is 0 Å². The maximum atomic E-state index is 10.3. The molecule has 0 aliphatic carbocycles. The molecule has 0 amide bonds. The van der Waals surface area contributed by atoms with Crippen LogP contribution < -0.4 is 104 Å². The predicted octanol–water partition coefficient (Wildman–Crippen LogP) is -14.2. The van der Waals surface area contributed by atoms with Gasteiger partial charge in [0.05, 0.1) is 12.4 Å². The van der Waals surface area contributed by atoms with E-state index in [9.17, 15) is 29.9 Å². The molecule has 0 aliphatic rings. The van der Waals surface area contributed by atoms with Crippen LogP contribution in [0.3, 0.4) is 0 Å². The number of hydrogen-bond donors (Lipinski definition) is 1. The van der Waals surface area contributed by atoms with E-state index in [1.807, 2.05) is 0 Å². The minimum absolute atomic E-state index is 0. The van der Waals surface area contributed by atoms with E-state index in [0.717, 1.165) is 0 Å². The molecule has 0 spiro atoms. The van der Waals surface area contributed by atoms with Gasteiger partial charge in [-0.15, -0.1) is 0 Å². The van der Waals surface area contributed by atoms with Crippen LogP contribution in [-0.4, -0.2) is 28.6 Å².